The molecule has 7 nitrogen and oxygen atoms in total. The molecule has 0 radical (unpaired) electrons. The Balaban J connectivity index is 1.70. The minimum atomic E-state index is -3.66. The van der Waals surface area contributed by atoms with Crippen LogP contribution in [0.5, 0.6) is 0 Å². The second kappa shape index (κ2) is 7.84. The Morgan fingerprint density at radius 2 is 1.78 bits per heavy atom. The first-order valence-corrected chi connectivity index (χ1v) is 10.5. The first-order valence-electron chi connectivity index (χ1n) is 8.60. The van der Waals surface area contributed by atoms with E-state index < -0.39 is 10.0 Å². The zero-order valence-corrected chi connectivity index (χ0v) is 17.0. The normalized spacial score (nSPS) is 11.9. The fraction of sp³-hybridized carbons (Fsp3) is 0.333. The van der Waals surface area contributed by atoms with Gasteiger partial charge in [-0.1, -0.05) is 29.8 Å². The minimum absolute atomic E-state index is 0.226. The van der Waals surface area contributed by atoms with E-state index in [0.29, 0.717) is 35.9 Å². The van der Waals surface area contributed by atoms with Crippen LogP contribution in [-0.4, -0.2) is 34.5 Å². The highest BCUT2D eigenvalue weighted by Crippen LogP contribution is 2.22. The Morgan fingerprint density at radius 1 is 1.07 bits per heavy atom. The van der Waals surface area contributed by atoms with Crippen LogP contribution in [-0.2, 0) is 16.6 Å². The lowest BCUT2D eigenvalue weighted by Gasteiger charge is -2.08. The van der Waals surface area contributed by atoms with E-state index in [9.17, 15) is 8.42 Å². The maximum Gasteiger partial charge on any atom is 0.244 e. The average molecular weight is 408 g/mol. The number of aromatic nitrogens is 4. The molecule has 3 aromatic rings. The number of nitrogens with one attached hydrogen (secondary N) is 1. The van der Waals surface area contributed by atoms with Crippen LogP contribution < -0.4 is 4.72 Å². The van der Waals surface area contributed by atoms with Crippen molar-refractivity contribution in [2.24, 2.45) is 0 Å². The van der Waals surface area contributed by atoms with E-state index in [-0.39, 0.29) is 4.90 Å². The SMILES string of the molecule is Cc1nn(CCCNS(=O)(=O)c2c(C)nn(-c3ccccc3)c2C)cc1Cl. The Kier molecular flexibility index (Phi) is 5.69. The van der Waals surface area contributed by atoms with Gasteiger partial charge in [0.1, 0.15) is 4.90 Å². The van der Waals surface area contributed by atoms with Crippen molar-refractivity contribution < 1.29 is 8.42 Å². The number of aryl methyl sites for hydroxylation is 3. The van der Waals surface area contributed by atoms with Crippen LogP contribution in [0.1, 0.15) is 23.5 Å². The van der Waals surface area contributed by atoms with Crippen molar-refractivity contribution in [1.82, 2.24) is 24.3 Å². The van der Waals surface area contributed by atoms with Gasteiger partial charge in [-0.3, -0.25) is 4.68 Å². The molecule has 0 atom stereocenters. The first kappa shape index (κ1) is 19.6. The summed E-state index contributed by atoms with van der Waals surface area (Å²) in [4.78, 5) is 0.226. The molecule has 2 heterocycles. The first-order chi connectivity index (χ1) is 12.8. The molecule has 0 spiro atoms. The number of benzene rings is 1. The van der Waals surface area contributed by atoms with Gasteiger partial charge in [0.15, 0.2) is 0 Å². The monoisotopic (exact) mass is 407 g/mol. The maximum atomic E-state index is 12.8. The molecule has 0 amide bonds. The van der Waals surface area contributed by atoms with Crippen LogP contribution in [0.15, 0.2) is 41.4 Å². The zero-order valence-electron chi connectivity index (χ0n) is 15.5. The van der Waals surface area contributed by atoms with E-state index in [1.165, 1.54) is 0 Å². The maximum absolute atomic E-state index is 12.8. The third-order valence-electron chi connectivity index (χ3n) is 4.24. The number of nitrogens with zero attached hydrogens (tertiary/aromatic N) is 4. The Bertz CT molecular complexity index is 1020. The topological polar surface area (TPSA) is 81.8 Å². The summed E-state index contributed by atoms with van der Waals surface area (Å²) >= 11 is 5.98. The summed E-state index contributed by atoms with van der Waals surface area (Å²) < 4.78 is 31.6. The quantitative estimate of drug-likeness (QED) is 0.610. The predicted molar refractivity (Wildman–Crippen MR) is 105 cm³/mol. The summed E-state index contributed by atoms with van der Waals surface area (Å²) in [6.45, 7) is 6.18. The zero-order chi connectivity index (χ0) is 19.6. The van der Waals surface area contributed by atoms with Gasteiger partial charge in [0.25, 0.3) is 0 Å². The van der Waals surface area contributed by atoms with Gasteiger partial charge in [-0.2, -0.15) is 10.2 Å². The molecule has 0 fully saturated rings. The fourth-order valence-corrected chi connectivity index (χ4v) is 4.58. The number of sulfonamides is 1. The van der Waals surface area contributed by atoms with Crippen molar-refractivity contribution in [3.8, 4) is 5.69 Å². The average Bonchev–Trinajstić information content (AvgIpc) is 3.11. The smallest absolute Gasteiger partial charge is 0.244 e. The van der Waals surface area contributed by atoms with E-state index in [1.54, 1.807) is 29.4 Å². The van der Waals surface area contributed by atoms with Gasteiger partial charge in [0.2, 0.25) is 10.0 Å². The molecular weight excluding hydrogens is 386 g/mol. The Labute approximate surface area is 164 Å². The summed E-state index contributed by atoms with van der Waals surface area (Å²) in [6.07, 6.45) is 2.34. The molecule has 27 heavy (non-hydrogen) atoms. The van der Waals surface area contributed by atoms with Crippen molar-refractivity contribution in [3.05, 3.63) is 58.6 Å². The van der Waals surface area contributed by atoms with Crippen molar-refractivity contribution in [1.29, 1.82) is 0 Å². The highest BCUT2D eigenvalue weighted by Gasteiger charge is 2.24. The molecule has 144 valence electrons. The number of hydrogen-bond donors (Lipinski definition) is 1. The lowest BCUT2D eigenvalue weighted by molar-refractivity contribution is 0.550. The van der Waals surface area contributed by atoms with Crippen LogP contribution in [0.25, 0.3) is 5.69 Å². The summed E-state index contributed by atoms with van der Waals surface area (Å²) in [5.41, 5.74) is 2.64. The van der Waals surface area contributed by atoms with Gasteiger partial charge in [0.05, 0.1) is 27.8 Å². The van der Waals surface area contributed by atoms with Crippen LogP contribution in [0, 0.1) is 20.8 Å². The number of halogens is 1. The third kappa shape index (κ3) is 4.23. The third-order valence-corrected chi connectivity index (χ3v) is 6.32. The molecule has 0 aliphatic rings. The van der Waals surface area contributed by atoms with Crippen molar-refractivity contribution in [3.63, 3.8) is 0 Å². The van der Waals surface area contributed by atoms with E-state index in [0.717, 1.165) is 11.4 Å². The largest absolute Gasteiger partial charge is 0.271 e. The van der Waals surface area contributed by atoms with Crippen LogP contribution in [0.4, 0.5) is 0 Å². The molecule has 1 aromatic carbocycles. The van der Waals surface area contributed by atoms with E-state index in [1.807, 2.05) is 37.3 Å². The van der Waals surface area contributed by atoms with Crippen LogP contribution >= 0.6 is 11.6 Å². The lowest BCUT2D eigenvalue weighted by atomic mass is 10.3. The molecule has 0 bridgehead atoms. The molecule has 0 unspecified atom stereocenters. The molecule has 1 N–H and O–H groups in total. The van der Waals surface area contributed by atoms with Gasteiger partial charge in [-0.25, -0.2) is 17.8 Å². The second-order valence-electron chi connectivity index (χ2n) is 6.32. The van der Waals surface area contributed by atoms with E-state index in [4.69, 9.17) is 11.6 Å². The minimum Gasteiger partial charge on any atom is -0.271 e. The standard InChI is InChI=1S/C18H22ClN5O2S/c1-13-17(19)12-23(21-13)11-7-10-20-27(25,26)18-14(2)22-24(15(18)3)16-8-5-4-6-9-16/h4-6,8-9,12,20H,7,10-11H2,1-3H3. The Hall–Kier alpha value is -2.16. The summed E-state index contributed by atoms with van der Waals surface area (Å²) in [5, 5.41) is 9.27. The predicted octanol–water partition coefficient (Wildman–Crippen LogP) is 3.02. The molecule has 0 saturated heterocycles. The van der Waals surface area contributed by atoms with Crippen LogP contribution in [0.2, 0.25) is 5.02 Å². The lowest BCUT2D eigenvalue weighted by Crippen LogP contribution is -2.26. The number of rotatable bonds is 7. The van der Waals surface area contributed by atoms with Crippen LogP contribution in [0.3, 0.4) is 0 Å². The van der Waals surface area contributed by atoms with Gasteiger partial charge >= 0.3 is 0 Å². The highest BCUT2D eigenvalue weighted by atomic mass is 35.5. The summed E-state index contributed by atoms with van der Waals surface area (Å²) in [5.74, 6) is 0. The van der Waals surface area contributed by atoms with Gasteiger partial charge < -0.3 is 0 Å². The summed E-state index contributed by atoms with van der Waals surface area (Å²) in [6, 6.07) is 9.46. The van der Waals surface area contributed by atoms with Crippen molar-refractivity contribution in [2.45, 2.75) is 38.6 Å². The number of hydrogen-bond acceptors (Lipinski definition) is 4. The van der Waals surface area contributed by atoms with Gasteiger partial charge in [0, 0.05) is 19.3 Å². The van der Waals surface area contributed by atoms with Gasteiger partial charge in [-0.15, -0.1) is 0 Å². The molecule has 0 aliphatic heterocycles. The van der Waals surface area contributed by atoms with Gasteiger partial charge in [-0.05, 0) is 39.3 Å². The molecule has 0 aliphatic carbocycles. The molecule has 2 aromatic heterocycles. The fourth-order valence-electron chi connectivity index (χ4n) is 2.97. The molecule has 3 rings (SSSR count). The second-order valence-corrected chi connectivity index (χ2v) is 8.44. The van der Waals surface area contributed by atoms with Crippen molar-refractivity contribution >= 4 is 21.6 Å². The van der Waals surface area contributed by atoms with Crippen molar-refractivity contribution in [2.75, 3.05) is 6.54 Å². The molecule has 9 heteroatoms. The molecule has 0 saturated carbocycles. The Morgan fingerprint density at radius 3 is 2.41 bits per heavy atom. The summed E-state index contributed by atoms with van der Waals surface area (Å²) in [7, 11) is -3.66. The van der Waals surface area contributed by atoms with E-state index >= 15 is 0 Å². The van der Waals surface area contributed by atoms with E-state index in [2.05, 4.69) is 14.9 Å². The number of para-hydroxylation sites is 1. The molecular formula is C18H22ClN5O2S. The highest BCUT2D eigenvalue weighted by molar-refractivity contribution is 7.89.